The molecule has 0 amide bonds. The second-order valence-corrected chi connectivity index (χ2v) is 4.38. The number of hydrogen-bond acceptors (Lipinski definition) is 4. The molecule has 1 aromatic heterocycles. The number of piperidine rings is 1. The summed E-state index contributed by atoms with van der Waals surface area (Å²) in [5.74, 6) is 1.47. The first-order chi connectivity index (χ1) is 7.33. The molecule has 1 aromatic rings. The third-order valence-corrected chi connectivity index (χ3v) is 3.36. The predicted molar refractivity (Wildman–Crippen MR) is 57.6 cm³/mol. The molecular formula is C11H15N3O. The number of anilines is 1. The Labute approximate surface area is 89.0 Å². The number of fused-ring (bicyclic) bond motifs is 2. The Morgan fingerprint density at radius 1 is 1.47 bits per heavy atom. The fraction of sp³-hybridized carbons (Fsp3) is 0.545. The smallest absolute Gasteiger partial charge is 0.145 e. The summed E-state index contributed by atoms with van der Waals surface area (Å²) in [5, 5.41) is 0. The van der Waals surface area contributed by atoms with Crippen molar-refractivity contribution in [3.63, 3.8) is 0 Å². The molecule has 0 aromatic carbocycles. The number of hydrogen-bond donors (Lipinski definition) is 1. The van der Waals surface area contributed by atoms with Gasteiger partial charge < -0.3 is 10.5 Å². The van der Waals surface area contributed by atoms with Crippen LogP contribution >= 0.6 is 0 Å². The van der Waals surface area contributed by atoms with Gasteiger partial charge in [-0.05, 0) is 13.0 Å². The topological polar surface area (TPSA) is 51.4 Å². The summed E-state index contributed by atoms with van der Waals surface area (Å²) in [4.78, 5) is 6.40. The van der Waals surface area contributed by atoms with Gasteiger partial charge in [0.25, 0.3) is 0 Å². The Morgan fingerprint density at radius 2 is 2.40 bits per heavy atom. The van der Waals surface area contributed by atoms with Crippen LogP contribution in [0.1, 0.15) is 6.42 Å². The van der Waals surface area contributed by atoms with E-state index in [-0.39, 0.29) is 0 Å². The zero-order chi connectivity index (χ0) is 10.3. The largest absolute Gasteiger partial charge is 0.486 e. The molecule has 3 atom stereocenters. The molecule has 0 saturated carbocycles. The number of nitrogen functional groups attached to an aromatic ring is 1. The third-order valence-electron chi connectivity index (χ3n) is 3.36. The first-order valence-electron chi connectivity index (χ1n) is 5.41. The lowest BCUT2D eigenvalue weighted by Gasteiger charge is -2.23. The highest BCUT2D eigenvalue weighted by molar-refractivity contribution is 5.49. The van der Waals surface area contributed by atoms with Crippen molar-refractivity contribution in [2.75, 3.05) is 25.4 Å². The van der Waals surface area contributed by atoms with E-state index in [9.17, 15) is 0 Å². The molecule has 15 heavy (non-hydrogen) atoms. The summed E-state index contributed by atoms with van der Waals surface area (Å²) < 4.78 is 5.93. The third kappa shape index (κ3) is 1.55. The van der Waals surface area contributed by atoms with Crippen LogP contribution in [0.4, 0.5) is 5.69 Å². The summed E-state index contributed by atoms with van der Waals surface area (Å²) in [6, 6.07) is 1.84. The Balaban J connectivity index is 1.73. The van der Waals surface area contributed by atoms with Gasteiger partial charge in [-0.2, -0.15) is 0 Å². The maximum atomic E-state index is 5.93. The molecule has 3 rings (SSSR count). The monoisotopic (exact) mass is 205 g/mol. The summed E-state index contributed by atoms with van der Waals surface area (Å²) in [6.45, 7) is 3.47. The van der Waals surface area contributed by atoms with Crippen LogP contribution < -0.4 is 10.5 Å². The van der Waals surface area contributed by atoms with Crippen molar-refractivity contribution < 1.29 is 4.74 Å². The molecule has 3 heterocycles. The minimum absolute atomic E-state index is 0.323. The van der Waals surface area contributed by atoms with Crippen LogP contribution in [0, 0.1) is 5.92 Å². The Bertz CT molecular complexity index is 369. The van der Waals surface area contributed by atoms with Crippen molar-refractivity contribution in [2.45, 2.75) is 12.5 Å². The second kappa shape index (κ2) is 3.38. The Kier molecular flexibility index (Phi) is 2.02. The number of nitrogens with two attached hydrogens (primary N) is 1. The number of rotatable bonds is 2. The van der Waals surface area contributed by atoms with E-state index in [0.29, 0.717) is 17.7 Å². The molecular weight excluding hydrogens is 190 g/mol. The van der Waals surface area contributed by atoms with E-state index in [1.54, 1.807) is 12.4 Å². The van der Waals surface area contributed by atoms with Crippen molar-refractivity contribution in [1.29, 1.82) is 0 Å². The maximum Gasteiger partial charge on any atom is 0.145 e. The molecule has 4 heteroatoms. The van der Waals surface area contributed by atoms with Crippen molar-refractivity contribution in [1.82, 2.24) is 9.88 Å². The average Bonchev–Trinajstić information content (AvgIpc) is 2.83. The molecule has 0 spiro atoms. The molecule has 4 nitrogen and oxygen atoms in total. The quantitative estimate of drug-likeness (QED) is 0.774. The summed E-state index contributed by atoms with van der Waals surface area (Å²) in [5.41, 5.74) is 6.43. The lowest BCUT2D eigenvalue weighted by molar-refractivity contribution is 0.142. The standard InChI is InChI=1S/C11H15N3O/c12-9-5-13-3-1-10(9)15-11-7-14-4-2-8(11)6-14/h1,3,5,8,11H,2,4,6-7,12H2. The molecule has 2 bridgehead atoms. The number of ether oxygens (including phenoxy) is 1. The average molecular weight is 205 g/mol. The van der Waals surface area contributed by atoms with Crippen LogP contribution in [0.5, 0.6) is 5.75 Å². The van der Waals surface area contributed by atoms with Gasteiger partial charge in [0, 0.05) is 31.3 Å². The minimum Gasteiger partial charge on any atom is -0.486 e. The molecule has 3 unspecified atom stereocenters. The van der Waals surface area contributed by atoms with E-state index in [2.05, 4.69) is 9.88 Å². The number of pyridine rings is 1. The van der Waals surface area contributed by atoms with E-state index in [1.807, 2.05) is 6.07 Å². The fourth-order valence-electron chi connectivity index (χ4n) is 2.53. The van der Waals surface area contributed by atoms with Crippen LogP contribution in [-0.4, -0.2) is 35.6 Å². The zero-order valence-corrected chi connectivity index (χ0v) is 8.60. The van der Waals surface area contributed by atoms with Gasteiger partial charge in [0.1, 0.15) is 11.9 Å². The predicted octanol–water partition coefficient (Wildman–Crippen LogP) is 0.747. The molecule has 2 aliphatic heterocycles. The first kappa shape index (κ1) is 8.97. The van der Waals surface area contributed by atoms with Crippen LogP contribution in [0.15, 0.2) is 18.5 Å². The molecule has 2 saturated heterocycles. The van der Waals surface area contributed by atoms with Crippen LogP contribution in [0.2, 0.25) is 0 Å². The SMILES string of the molecule is Nc1cnccc1OC1CN2CCC1C2. The van der Waals surface area contributed by atoms with Crippen LogP contribution in [0.25, 0.3) is 0 Å². The van der Waals surface area contributed by atoms with Gasteiger partial charge in [-0.3, -0.25) is 9.88 Å². The van der Waals surface area contributed by atoms with Crippen LogP contribution in [-0.2, 0) is 0 Å². The van der Waals surface area contributed by atoms with E-state index < -0.39 is 0 Å². The molecule has 2 aliphatic rings. The lowest BCUT2D eigenvalue weighted by atomic mass is 10.0. The van der Waals surface area contributed by atoms with E-state index >= 15 is 0 Å². The first-order valence-corrected chi connectivity index (χ1v) is 5.41. The normalized spacial score (nSPS) is 33.2. The zero-order valence-electron chi connectivity index (χ0n) is 8.60. The van der Waals surface area contributed by atoms with Crippen molar-refractivity contribution in [3.8, 4) is 5.75 Å². The molecule has 2 fully saturated rings. The van der Waals surface area contributed by atoms with Crippen LogP contribution in [0.3, 0.4) is 0 Å². The van der Waals surface area contributed by atoms with Gasteiger partial charge in [-0.1, -0.05) is 0 Å². The van der Waals surface area contributed by atoms with Gasteiger partial charge in [-0.25, -0.2) is 0 Å². The highest BCUT2D eigenvalue weighted by Gasteiger charge is 2.39. The second-order valence-electron chi connectivity index (χ2n) is 4.38. The summed E-state index contributed by atoms with van der Waals surface area (Å²) >= 11 is 0. The minimum atomic E-state index is 0.323. The number of nitrogens with zero attached hydrogens (tertiary/aromatic N) is 2. The van der Waals surface area contributed by atoms with E-state index in [1.165, 1.54) is 19.5 Å². The van der Waals surface area contributed by atoms with Gasteiger partial charge in [-0.15, -0.1) is 0 Å². The number of aromatic nitrogens is 1. The van der Waals surface area contributed by atoms with Crippen molar-refractivity contribution in [2.24, 2.45) is 5.92 Å². The Morgan fingerprint density at radius 3 is 3.07 bits per heavy atom. The molecule has 0 radical (unpaired) electrons. The van der Waals surface area contributed by atoms with Crippen molar-refractivity contribution in [3.05, 3.63) is 18.5 Å². The highest BCUT2D eigenvalue weighted by Crippen LogP contribution is 2.32. The molecule has 2 N–H and O–H groups in total. The molecule has 80 valence electrons. The highest BCUT2D eigenvalue weighted by atomic mass is 16.5. The van der Waals surface area contributed by atoms with Crippen molar-refractivity contribution >= 4 is 5.69 Å². The van der Waals surface area contributed by atoms with E-state index in [0.717, 1.165) is 12.3 Å². The maximum absolute atomic E-state index is 5.93. The Hall–Kier alpha value is -1.29. The molecule has 0 aliphatic carbocycles. The van der Waals surface area contributed by atoms with Gasteiger partial charge in [0.2, 0.25) is 0 Å². The lowest BCUT2D eigenvalue weighted by Crippen LogP contribution is -2.32. The summed E-state index contributed by atoms with van der Waals surface area (Å²) in [7, 11) is 0. The van der Waals surface area contributed by atoms with Gasteiger partial charge >= 0.3 is 0 Å². The van der Waals surface area contributed by atoms with Gasteiger partial charge in [0.15, 0.2) is 0 Å². The van der Waals surface area contributed by atoms with Gasteiger partial charge in [0.05, 0.1) is 11.9 Å². The summed E-state index contributed by atoms with van der Waals surface area (Å²) in [6.07, 6.45) is 4.95. The fourth-order valence-corrected chi connectivity index (χ4v) is 2.53. The van der Waals surface area contributed by atoms with E-state index in [4.69, 9.17) is 10.5 Å².